The molecule has 2 aliphatic rings. The predicted octanol–water partition coefficient (Wildman–Crippen LogP) is 2.87. The minimum atomic E-state index is -0.457. The molecular weight excluding hydrogens is 316 g/mol. The van der Waals surface area contributed by atoms with E-state index in [1.165, 1.54) is 0 Å². The molecule has 1 aromatic heterocycles. The topological polar surface area (TPSA) is 85.2 Å². The molecule has 1 saturated heterocycles. The van der Waals surface area contributed by atoms with Crippen LogP contribution in [0.15, 0.2) is 34.9 Å². The summed E-state index contributed by atoms with van der Waals surface area (Å²) in [5.41, 5.74) is 7.09. The van der Waals surface area contributed by atoms with Gasteiger partial charge in [-0.2, -0.15) is 4.98 Å². The highest BCUT2D eigenvalue weighted by atomic mass is 16.5. The molecule has 6 heteroatoms. The number of hydrogen-bond acceptors (Lipinski definition) is 5. The van der Waals surface area contributed by atoms with Crippen LogP contribution in [0.4, 0.5) is 0 Å². The van der Waals surface area contributed by atoms with Gasteiger partial charge < -0.3 is 15.2 Å². The second-order valence-corrected chi connectivity index (χ2v) is 7.35. The lowest BCUT2D eigenvalue weighted by Gasteiger charge is -2.24. The molecule has 1 aliphatic heterocycles. The maximum Gasteiger partial charge on any atom is 0.232 e. The largest absolute Gasteiger partial charge is 0.339 e. The molecule has 25 heavy (non-hydrogen) atoms. The summed E-state index contributed by atoms with van der Waals surface area (Å²) in [6, 6.07) is 10.1. The molecule has 2 aromatic rings. The van der Waals surface area contributed by atoms with E-state index in [0.717, 1.165) is 31.2 Å². The third kappa shape index (κ3) is 2.95. The molecule has 1 aromatic carbocycles. The fourth-order valence-electron chi connectivity index (χ4n) is 4.02. The molecule has 0 radical (unpaired) electrons. The van der Waals surface area contributed by atoms with Crippen molar-refractivity contribution in [3.8, 4) is 0 Å². The lowest BCUT2D eigenvalue weighted by atomic mass is 9.98. The Bertz CT molecular complexity index is 752. The first-order chi connectivity index (χ1) is 12.1. The number of rotatable bonds is 4. The molecule has 6 nitrogen and oxygen atoms in total. The van der Waals surface area contributed by atoms with Gasteiger partial charge in [-0.1, -0.05) is 48.3 Å². The van der Waals surface area contributed by atoms with E-state index in [9.17, 15) is 4.79 Å². The van der Waals surface area contributed by atoms with E-state index in [1.54, 1.807) is 0 Å². The summed E-state index contributed by atoms with van der Waals surface area (Å²) in [5.74, 6) is 1.22. The number of nitrogens with two attached hydrogens (primary N) is 1. The van der Waals surface area contributed by atoms with Crippen LogP contribution in [-0.2, 0) is 10.3 Å². The zero-order valence-electron chi connectivity index (χ0n) is 14.5. The Balaban J connectivity index is 1.50. The number of nitrogens with zero attached hydrogens (tertiary/aromatic N) is 3. The summed E-state index contributed by atoms with van der Waals surface area (Å²) < 4.78 is 5.49. The van der Waals surface area contributed by atoms with Gasteiger partial charge in [-0.25, -0.2) is 0 Å². The summed E-state index contributed by atoms with van der Waals surface area (Å²) in [6.45, 7) is 2.66. The van der Waals surface area contributed by atoms with Crippen molar-refractivity contribution in [1.82, 2.24) is 15.0 Å². The number of hydrogen-bond donors (Lipinski definition) is 1. The van der Waals surface area contributed by atoms with Gasteiger partial charge in [-0.3, -0.25) is 4.79 Å². The lowest BCUT2D eigenvalue weighted by molar-refractivity contribution is -0.129. The predicted molar refractivity (Wildman–Crippen MR) is 92.6 cm³/mol. The summed E-state index contributed by atoms with van der Waals surface area (Å²) in [6.07, 6.45) is 4.41. The minimum Gasteiger partial charge on any atom is -0.339 e. The molecule has 2 atom stereocenters. The first kappa shape index (κ1) is 16.3. The van der Waals surface area contributed by atoms with Crippen molar-refractivity contribution in [3.05, 3.63) is 47.6 Å². The van der Waals surface area contributed by atoms with Gasteiger partial charge in [0.25, 0.3) is 0 Å². The van der Waals surface area contributed by atoms with Gasteiger partial charge in [0, 0.05) is 13.0 Å². The first-order valence-corrected chi connectivity index (χ1v) is 9.04. The molecule has 2 unspecified atom stereocenters. The van der Waals surface area contributed by atoms with Crippen molar-refractivity contribution in [2.45, 2.75) is 56.5 Å². The fourth-order valence-corrected chi connectivity index (χ4v) is 4.02. The molecule has 2 fully saturated rings. The van der Waals surface area contributed by atoms with Gasteiger partial charge in [0.1, 0.15) is 0 Å². The smallest absolute Gasteiger partial charge is 0.232 e. The minimum absolute atomic E-state index is 0.0387. The SMILES string of the molecule is CC(c1ccccc1)N1CC(c2nc(C3(N)CCCC3)no2)CC1=O. The van der Waals surface area contributed by atoms with Crippen LogP contribution in [-0.4, -0.2) is 27.5 Å². The molecule has 0 bridgehead atoms. The number of likely N-dealkylation sites (tertiary alicyclic amines) is 1. The molecule has 1 saturated carbocycles. The van der Waals surface area contributed by atoms with Crippen LogP contribution in [0.25, 0.3) is 0 Å². The Morgan fingerprint density at radius 2 is 2.00 bits per heavy atom. The van der Waals surface area contributed by atoms with Crippen LogP contribution in [0.3, 0.4) is 0 Å². The monoisotopic (exact) mass is 340 g/mol. The van der Waals surface area contributed by atoms with Crippen LogP contribution < -0.4 is 5.73 Å². The van der Waals surface area contributed by atoms with Crippen molar-refractivity contribution in [2.75, 3.05) is 6.54 Å². The average Bonchev–Trinajstić information content (AvgIpc) is 3.35. The van der Waals surface area contributed by atoms with Crippen LogP contribution in [0, 0.1) is 0 Å². The molecule has 132 valence electrons. The maximum absolute atomic E-state index is 12.5. The van der Waals surface area contributed by atoms with Crippen molar-refractivity contribution < 1.29 is 9.32 Å². The Hall–Kier alpha value is -2.21. The van der Waals surface area contributed by atoms with Gasteiger partial charge in [-0.05, 0) is 25.3 Å². The van der Waals surface area contributed by atoms with Crippen molar-refractivity contribution in [1.29, 1.82) is 0 Å². The van der Waals surface area contributed by atoms with Gasteiger partial charge in [0.05, 0.1) is 17.5 Å². The van der Waals surface area contributed by atoms with Gasteiger partial charge in [0.2, 0.25) is 11.8 Å². The van der Waals surface area contributed by atoms with E-state index >= 15 is 0 Å². The van der Waals surface area contributed by atoms with E-state index in [1.807, 2.05) is 35.2 Å². The Morgan fingerprint density at radius 3 is 2.72 bits per heavy atom. The van der Waals surface area contributed by atoms with Crippen LogP contribution in [0.1, 0.15) is 68.3 Å². The van der Waals surface area contributed by atoms with Gasteiger partial charge in [0.15, 0.2) is 5.82 Å². The normalized spacial score (nSPS) is 24.0. The zero-order chi connectivity index (χ0) is 17.4. The molecular formula is C19H24N4O2. The van der Waals surface area contributed by atoms with E-state index in [4.69, 9.17) is 10.3 Å². The summed E-state index contributed by atoms with van der Waals surface area (Å²) in [4.78, 5) is 19.0. The second-order valence-electron chi connectivity index (χ2n) is 7.35. The number of aromatic nitrogens is 2. The van der Waals surface area contributed by atoms with Crippen molar-refractivity contribution >= 4 is 5.91 Å². The summed E-state index contributed by atoms with van der Waals surface area (Å²) in [5, 5.41) is 4.13. The maximum atomic E-state index is 12.5. The van der Waals surface area contributed by atoms with Crippen LogP contribution in [0.2, 0.25) is 0 Å². The third-order valence-electron chi connectivity index (χ3n) is 5.64. The van der Waals surface area contributed by atoms with Gasteiger partial charge in [-0.15, -0.1) is 0 Å². The quantitative estimate of drug-likeness (QED) is 0.925. The Labute approximate surface area is 147 Å². The van der Waals surface area contributed by atoms with E-state index in [0.29, 0.717) is 24.7 Å². The molecule has 1 amide bonds. The third-order valence-corrected chi connectivity index (χ3v) is 5.64. The van der Waals surface area contributed by atoms with Gasteiger partial charge >= 0.3 is 0 Å². The number of amides is 1. The highest BCUT2D eigenvalue weighted by Gasteiger charge is 2.40. The second kappa shape index (κ2) is 6.26. The molecule has 2 N–H and O–H groups in total. The number of carbonyl (C=O) groups is 1. The average molecular weight is 340 g/mol. The molecule has 0 spiro atoms. The van der Waals surface area contributed by atoms with E-state index < -0.39 is 5.54 Å². The summed E-state index contributed by atoms with van der Waals surface area (Å²) >= 11 is 0. The van der Waals surface area contributed by atoms with Crippen molar-refractivity contribution in [2.24, 2.45) is 5.73 Å². The fraction of sp³-hybridized carbons (Fsp3) is 0.526. The Morgan fingerprint density at radius 1 is 1.28 bits per heavy atom. The highest BCUT2D eigenvalue weighted by Crippen LogP contribution is 2.37. The molecule has 2 heterocycles. The van der Waals surface area contributed by atoms with Crippen LogP contribution in [0.5, 0.6) is 0 Å². The van der Waals surface area contributed by atoms with Crippen molar-refractivity contribution in [3.63, 3.8) is 0 Å². The number of benzene rings is 1. The first-order valence-electron chi connectivity index (χ1n) is 9.04. The van der Waals surface area contributed by atoms with E-state index in [-0.39, 0.29) is 17.9 Å². The summed E-state index contributed by atoms with van der Waals surface area (Å²) in [7, 11) is 0. The highest BCUT2D eigenvalue weighted by molar-refractivity contribution is 5.80. The lowest BCUT2D eigenvalue weighted by Crippen LogP contribution is -2.34. The van der Waals surface area contributed by atoms with E-state index in [2.05, 4.69) is 17.1 Å². The zero-order valence-corrected chi connectivity index (χ0v) is 14.5. The Kier molecular flexibility index (Phi) is 4.07. The standard InChI is InChI=1S/C19H24N4O2/c1-13(14-7-3-2-4-8-14)23-12-15(11-16(23)24)17-21-18(22-25-17)19(20)9-5-6-10-19/h2-4,7-8,13,15H,5-6,9-12,20H2,1H3. The molecule has 4 rings (SSSR count). The molecule has 1 aliphatic carbocycles. The van der Waals surface area contributed by atoms with Crippen LogP contribution >= 0.6 is 0 Å². The number of carbonyl (C=O) groups excluding carboxylic acids is 1.